The number of ether oxygens (including phenoxy) is 1. The van der Waals surface area contributed by atoms with E-state index in [4.69, 9.17) is 4.74 Å². The largest absolute Gasteiger partial charge is 0.497 e. The molecule has 2 N–H and O–H groups in total. The third-order valence-electron chi connectivity index (χ3n) is 4.47. The maximum atomic E-state index is 12.7. The van der Waals surface area contributed by atoms with Gasteiger partial charge in [0.25, 0.3) is 0 Å². The predicted octanol–water partition coefficient (Wildman–Crippen LogP) is 3.26. The van der Waals surface area contributed by atoms with Crippen molar-refractivity contribution < 1.29 is 19.1 Å². The Morgan fingerprint density at radius 2 is 1.50 bits per heavy atom. The van der Waals surface area contributed by atoms with Gasteiger partial charge in [-0.1, -0.05) is 18.2 Å². The van der Waals surface area contributed by atoms with E-state index < -0.39 is 5.41 Å². The fourth-order valence-corrected chi connectivity index (χ4v) is 2.70. The van der Waals surface area contributed by atoms with Gasteiger partial charge in [-0.15, -0.1) is 0 Å². The minimum absolute atomic E-state index is 0.0852. The van der Waals surface area contributed by atoms with Crippen molar-refractivity contribution in [2.75, 3.05) is 17.7 Å². The highest BCUT2D eigenvalue weighted by Gasteiger charge is 2.56. The number of methoxy groups -OCH3 is 1. The van der Waals surface area contributed by atoms with Crippen LogP contribution in [0.25, 0.3) is 0 Å². The van der Waals surface area contributed by atoms with Crippen LogP contribution < -0.4 is 15.4 Å². The molecule has 0 atom stereocenters. The van der Waals surface area contributed by atoms with E-state index in [1.165, 1.54) is 6.92 Å². The molecule has 6 nitrogen and oxygen atoms in total. The van der Waals surface area contributed by atoms with Gasteiger partial charge in [0.05, 0.1) is 7.11 Å². The molecule has 0 aromatic heterocycles. The van der Waals surface area contributed by atoms with Crippen molar-refractivity contribution in [1.29, 1.82) is 0 Å². The van der Waals surface area contributed by atoms with Gasteiger partial charge >= 0.3 is 0 Å². The number of rotatable bonds is 6. The highest BCUT2D eigenvalue weighted by atomic mass is 16.5. The van der Waals surface area contributed by atoms with Crippen molar-refractivity contribution in [3.8, 4) is 5.75 Å². The minimum atomic E-state index is -1.07. The van der Waals surface area contributed by atoms with Crippen LogP contribution in [-0.2, 0) is 9.59 Å². The van der Waals surface area contributed by atoms with Crippen LogP contribution in [0.2, 0.25) is 0 Å². The highest BCUT2D eigenvalue weighted by molar-refractivity contribution is 6.17. The van der Waals surface area contributed by atoms with Gasteiger partial charge in [-0.2, -0.15) is 0 Å². The van der Waals surface area contributed by atoms with E-state index in [1.54, 1.807) is 55.6 Å². The first-order valence-electron chi connectivity index (χ1n) is 8.32. The first kappa shape index (κ1) is 17.7. The molecule has 2 aromatic carbocycles. The number of carbonyl (C=O) groups excluding carboxylic acids is 3. The van der Waals surface area contributed by atoms with E-state index >= 15 is 0 Å². The lowest BCUT2D eigenvalue weighted by molar-refractivity contribution is -0.131. The Morgan fingerprint density at radius 3 is 2.04 bits per heavy atom. The lowest BCUT2D eigenvalue weighted by Crippen LogP contribution is -2.35. The van der Waals surface area contributed by atoms with Gasteiger partial charge in [0.2, 0.25) is 11.8 Å². The van der Waals surface area contributed by atoms with Crippen LogP contribution in [0.15, 0.2) is 48.5 Å². The molecule has 1 aliphatic carbocycles. The Hall–Kier alpha value is -3.15. The van der Waals surface area contributed by atoms with Crippen LogP contribution in [0.1, 0.15) is 30.1 Å². The maximum Gasteiger partial charge on any atom is 0.240 e. The molecule has 0 unspecified atom stereocenters. The Morgan fingerprint density at radius 1 is 0.923 bits per heavy atom. The molecule has 6 heteroatoms. The highest BCUT2D eigenvalue weighted by Crippen LogP contribution is 2.47. The van der Waals surface area contributed by atoms with E-state index in [-0.39, 0.29) is 17.6 Å². The van der Waals surface area contributed by atoms with Crippen molar-refractivity contribution in [2.45, 2.75) is 19.8 Å². The summed E-state index contributed by atoms with van der Waals surface area (Å²) < 4.78 is 5.14. The van der Waals surface area contributed by atoms with Gasteiger partial charge in [-0.25, -0.2) is 0 Å². The van der Waals surface area contributed by atoms with Crippen LogP contribution in [0.5, 0.6) is 5.75 Å². The second-order valence-electron chi connectivity index (χ2n) is 6.36. The summed E-state index contributed by atoms with van der Waals surface area (Å²) >= 11 is 0. The molecule has 1 fully saturated rings. The number of hydrogen-bond acceptors (Lipinski definition) is 4. The number of benzene rings is 2. The molecule has 0 heterocycles. The third-order valence-corrected chi connectivity index (χ3v) is 4.47. The second kappa shape index (κ2) is 7.00. The number of amides is 2. The third kappa shape index (κ3) is 3.59. The molecule has 2 amide bonds. The number of ketones is 1. The molecular formula is C20H20N2O4. The first-order chi connectivity index (χ1) is 12.4. The van der Waals surface area contributed by atoms with E-state index in [0.717, 1.165) is 0 Å². The molecule has 0 aliphatic heterocycles. The van der Waals surface area contributed by atoms with Gasteiger partial charge in [-0.3, -0.25) is 14.4 Å². The molecule has 2 aromatic rings. The van der Waals surface area contributed by atoms with Crippen LogP contribution in [-0.4, -0.2) is 24.7 Å². The summed E-state index contributed by atoms with van der Waals surface area (Å²) in [6.45, 7) is 1.46. The Balaban J connectivity index is 1.71. The zero-order valence-corrected chi connectivity index (χ0v) is 14.7. The summed E-state index contributed by atoms with van der Waals surface area (Å²) in [5, 5.41) is 5.53. The number of carbonyl (C=O) groups is 3. The summed E-state index contributed by atoms with van der Waals surface area (Å²) in [4.78, 5) is 36.8. The number of anilines is 2. The first-order valence-corrected chi connectivity index (χ1v) is 8.32. The van der Waals surface area contributed by atoms with Crippen molar-refractivity contribution in [1.82, 2.24) is 0 Å². The molecular weight excluding hydrogens is 332 g/mol. The van der Waals surface area contributed by atoms with Crippen molar-refractivity contribution in [3.63, 3.8) is 0 Å². The summed E-state index contributed by atoms with van der Waals surface area (Å²) in [5.74, 6) is -0.166. The van der Waals surface area contributed by atoms with Gasteiger partial charge in [0.15, 0.2) is 5.78 Å². The number of Topliss-reactive ketones (excluding diaryl/α,β-unsaturated/α-hetero) is 1. The van der Waals surface area contributed by atoms with Crippen molar-refractivity contribution in [2.24, 2.45) is 5.41 Å². The van der Waals surface area contributed by atoms with Crippen molar-refractivity contribution >= 4 is 29.0 Å². The molecule has 134 valence electrons. The Bertz CT molecular complexity index is 872. The summed E-state index contributed by atoms with van der Waals surface area (Å²) in [6.07, 6.45) is 0.974. The van der Waals surface area contributed by atoms with Gasteiger partial charge in [0, 0.05) is 23.0 Å². The van der Waals surface area contributed by atoms with Crippen LogP contribution >= 0.6 is 0 Å². The number of nitrogens with one attached hydrogen (secondary N) is 2. The monoisotopic (exact) mass is 352 g/mol. The minimum Gasteiger partial charge on any atom is -0.497 e. The fraction of sp³-hybridized carbons (Fsp3) is 0.250. The summed E-state index contributed by atoms with van der Waals surface area (Å²) in [6, 6.07) is 13.7. The zero-order chi connectivity index (χ0) is 18.7. The molecule has 0 bridgehead atoms. The Kier molecular flexibility index (Phi) is 4.75. The molecule has 3 rings (SSSR count). The van der Waals surface area contributed by atoms with E-state index in [9.17, 15) is 14.4 Å². The van der Waals surface area contributed by atoms with Crippen LogP contribution in [0, 0.1) is 5.41 Å². The smallest absolute Gasteiger partial charge is 0.240 e. The fourth-order valence-electron chi connectivity index (χ4n) is 2.70. The second-order valence-corrected chi connectivity index (χ2v) is 6.36. The van der Waals surface area contributed by atoms with Crippen LogP contribution in [0.3, 0.4) is 0 Å². The number of hydrogen-bond donors (Lipinski definition) is 2. The van der Waals surface area contributed by atoms with Gasteiger partial charge in [-0.05, 0) is 44.0 Å². The molecule has 0 saturated heterocycles. The predicted molar refractivity (Wildman–Crippen MR) is 98.4 cm³/mol. The SMILES string of the molecule is COc1cccc(NC(=O)C2(C(=O)Nc3cccc(C(C)=O)c3)CC2)c1. The van der Waals surface area contributed by atoms with E-state index in [1.807, 2.05) is 0 Å². The van der Waals surface area contributed by atoms with Gasteiger partial charge in [0.1, 0.15) is 11.2 Å². The lowest BCUT2D eigenvalue weighted by Gasteiger charge is -2.16. The summed E-state index contributed by atoms with van der Waals surface area (Å²) in [7, 11) is 1.55. The normalized spacial score (nSPS) is 14.2. The quantitative estimate of drug-likeness (QED) is 0.617. The molecule has 0 spiro atoms. The molecule has 26 heavy (non-hydrogen) atoms. The lowest BCUT2D eigenvalue weighted by atomic mass is 10.0. The molecule has 1 saturated carbocycles. The average Bonchev–Trinajstić information content (AvgIpc) is 3.44. The summed E-state index contributed by atoms with van der Waals surface area (Å²) in [5.41, 5.74) is 0.513. The topological polar surface area (TPSA) is 84.5 Å². The zero-order valence-electron chi connectivity index (χ0n) is 14.7. The van der Waals surface area contributed by atoms with E-state index in [2.05, 4.69) is 10.6 Å². The standard InChI is InChI=1S/C20H20N2O4/c1-13(23)14-5-3-6-15(11-14)21-18(24)20(9-10-20)19(25)22-16-7-4-8-17(12-16)26-2/h3-8,11-12H,9-10H2,1-2H3,(H,21,24)(H,22,25). The maximum absolute atomic E-state index is 12.7. The molecule has 1 aliphatic rings. The van der Waals surface area contributed by atoms with E-state index in [0.29, 0.717) is 35.5 Å². The van der Waals surface area contributed by atoms with Crippen molar-refractivity contribution in [3.05, 3.63) is 54.1 Å². The molecule has 0 radical (unpaired) electrons. The van der Waals surface area contributed by atoms with Gasteiger partial charge < -0.3 is 15.4 Å². The Labute approximate surface area is 151 Å². The van der Waals surface area contributed by atoms with Crippen LogP contribution in [0.4, 0.5) is 11.4 Å². The average molecular weight is 352 g/mol.